The van der Waals surface area contributed by atoms with Crippen LogP contribution in [0.15, 0.2) is 0 Å². The van der Waals surface area contributed by atoms with E-state index in [1.165, 1.54) is 0 Å². The van der Waals surface area contributed by atoms with E-state index < -0.39 is 11.6 Å². The summed E-state index contributed by atoms with van der Waals surface area (Å²) in [5.74, 6) is -0.524. The van der Waals surface area contributed by atoms with Crippen molar-refractivity contribution in [2.75, 3.05) is 13.6 Å². The van der Waals surface area contributed by atoms with Crippen LogP contribution in [0.3, 0.4) is 0 Å². The molecule has 2 amide bonds. The van der Waals surface area contributed by atoms with Crippen LogP contribution < -0.4 is 5.32 Å². The van der Waals surface area contributed by atoms with E-state index in [-0.39, 0.29) is 18.2 Å². The number of amides is 2. The maximum Gasteiger partial charge on any atom is 0.244 e. The summed E-state index contributed by atoms with van der Waals surface area (Å²) in [7, 11) is 1.72. The molecule has 1 rings (SSSR count). The van der Waals surface area contributed by atoms with Crippen LogP contribution in [0.2, 0.25) is 0 Å². The van der Waals surface area contributed by atoms with Crippen molar-refractivity contribution in [1.82, 2.24) is 10.2 Å². The van der Waals surface area contributed by atoms with Gasteiger partial charge in [-0.2, -0.15) is 0 Å². The van der Waals surface area contributed by atoms with E-state index in [4.69, 9.17) is 0 Å². The number of nitrogens with zero attached hydrogens (tertiary/aromatic N) is 1. The summed E-state index contributed by atoms with van der Waals surface area (Å²) < 4.78 is 0. The number of carbonyl (C=O) groups is 2. The molecule has 14 heavy (non-hydrogen) atoms. The van der Waals surface area contributed by atoms with Crippen molar-refractivity contribution in [3.8, 4) is 0 Å². The van der Waals surface area contributed by atoms with Crippen LogP contribution in [0, 0.1) is 0 Å². The third kappa shape index (κ3) is 2.78. The summed E-state index contributed by atoms with van der Waals surface area (Å²) in [6.07, 6.45) is 0.186. The summed E-state index contributed by atoms with van der Waals surface area (Å²) in [6.45, 7) is 3.69. The highest BCUT2D eigenvalue weighted by atomic mass is 16.3. The number of hydrogen-bond acceptors (Lipinski definition) is 4. The second kappa shape index (κ2) is 3.67. The van der Waals surface area contributed by atoms with Crippen LogP contribution in [0.5, 0.6) is 0 Å². The van der Waals surface area contributed by atoms with E-state index in [1.807, 2.05) is 0 Å². The lowest BCUT2D eigenvalue weighted by Gasteiger charge is -2.28. The molecule has 0 radical (unpaired) electrons. The Morgan fingerprint density at radius 2 is 2.14 bits per heavy atom. The van der Waals surface area contributed by atoms with Crippen LogP contribution in [-0.2, 0) is 9.59 Å². The maximum atomic E-state index is 11.3. The van der Waals surface area contributed by atoms with Gasteiger partial charge in [0.15, 0.2) is 0 Å². The first-order valence-electron chi connectivity index (χ1n) is 4.56. The molecule has 5 heteroatoms. The Morgan fingerprint density at radius 1 is 1.57 bits per heavy atom. The largest absolute Gasteiger partial charge is 0.389 e. The van der Waals surface area contributed by atoms with Gasteiger partial charge in [0.05, 0.1) is 18.1 Å². The van der Waals surface area contributed by atoms with Crippen molar-refractivity contribution in [3.63, 3.8) is 0 Å². The molecule has 1 aliphatic rings. The number of rotatable bonds is 3. The molecule has 80 valence electrons. The SMILES string of the molecule is CN(CC(C)(C)O)C1CC(=O)NC1=O. The zero-order valence-corrected chi connectivity index (χ0v) is 8.70. The Labute approximate surface area is 83.1 Å². The van der Waals surface area contributed by atoms with Crippen molar-refractivity contribution in [2.24, 2.45) is 0 Å². The van der Waals surface area contributed by atoms with E-state index in [2.05, 4.69) is 5.32 Å². The fraction of sp³-hybridized carbons (Fsp3) is 0.778. The van der Waals surface area contributed by atoms with Crippen molar-refractivity contribution in [3.05, 3.63) is 0 Å². The van der Waals surface area contributed by atoms with E-state index in [1.54, 1.807) is 25.8 Å². The third-order valence-corrected chi connectivity index (χ3v) is 2.11. The standard InChI is InChI=1S/C9H16N2O3/c1-9(2,14)5-11(3)6-4-7(12)10-8(6)13/h6,14H,4-5H2,1-3H3,(H,10,12,13). The van der Waals surface area contributed by atoms with Gasteiger partial charge in [-0.15, -0.1) is 0 Å². The van der Waals surface area contributed by atoms with Gasteiger partial charge in [0.2, 0.25) is 11.8 Å². The average Bonchev–Trinajstić information content (AvgIpc) is 2.26. The average molecular weight is 200 g/mol. The third-order valence-electron chi connectivity index (χ3n) is 2.11. The molecular formula is C9H16N2O3. The smallest absolute Gasteiger partial charge is 0.244 e. The summed E-state index contributed by atoms with van der Waals surface area (Å²) in [4.78, 5) is 23.9. The topological polar surface area (TPSA) is 69.6 Å². The predicted molar refractivity (Wildman–Crippen MR) is 50.5 cm³/mol. The Kier molecular flexibility index (Phi) is 2.92. The zero-order chi connectivity index (χ0) is 10.9. The van der Waals surface area contributed by atoms with Gasteiger partial charge in [0, 0.05) is 6.54 Å². The van der Waals surface area contributed by atoms with Gasteiger partial charge in [0.25, 0.3) is 0 Å². The molecule has 1 fully saturated rings. The molecule has 0 spiro atoms. The Bertz CT molecular complexity index is 257. The van der Waals surface area contributed by atoms with Gasteiger partial charge in [0.1, 0.15) is 0 Å². The minimum absolute atomic E-state index is 0.186. The molecule has 0 saturated carbocycles. The van der Waals surface area contributed by atoms with Crippen LogP contribution in [-0.4, -0.2) is 47.1 Å². The van der Waals surface area contributed by atoms with Crippen LogP contribution in [0.4, 0.5) is 0 Å². The van der Waals surface area contributed by atoms with Crippen LogP contribution in [0.1, 0.15) is 20.3 Å². The molecule has 1 aliphatic heterocycles. The lowest BCUT2D eigenvalue weighted by molar-refractivity contribution is -0.126. The van der Waals surface area contributed by atoms with Crippen molar-refractivity contribution in [2.45, 2.75) is 31.9 Å². The van der Waals surface area contributed by atoms with E-state index >= 15 is 0 Å². The molecule has 1 unspecified atom stereocenters. The highest BCUT2D eigenvalue weighted by Crippen LogP contribution is 2.12. The molecule has 1 heterocycles. The molecule has 1 atom stereocenters. The number of imide groups is 1. The van der Waals surface area contributed by atoms with Crippen LogP contribution >= 0.6 is 0 Å². The highest BCUT2D eigenvalue weighted by Gasteiger charge is 2.35. The number of aliphatic hydroxyl groups is 1. The molecule has 0 aromatic heterocycles. The van der Waals surface area contributed by atoms with E-state index in [0.29, 0.717) is 6.54 Å². The normalized spacial score (nSPS) is 23.1. The van der Waals surface area contributed by atoms with Gasteiger partial charge in [-0.3, -0.25) is 19.8 Å². The second-order valence-electron chi connectivity index (χ2n) is 4.36. The van der Waals surface area contributed by atoms with Gasteiger partial charge in [-0.25, -0.2) is 0 Å². The fourth-order valence-electron chi connectivity index (χ4n) is 1.62. The Hall–Kier alpha value is -0.940. The Morgan fingerprint density at radius 3 is 2.50 bits per heavy atom. The van der Waals surface area contributed by atoms with E-state index in [9.17, 15) is 14.7 Å². The summed E-state index contributed by atoms with van der Waals surface area (Å²) >= 11 is 0. The first-order valence-corrected chi connectivity index (χ1v) is 4.56. The quantitative estimate of drug-likeness (QED) is 0.579. The summed E-state index contributed by atoms with van der Waals surface area (Å²) in [5, 5.41) is 11.8. The number of carbonyl (C=O) groups excluding carboxylic acids is 2. The maximum absolute atomic E-state index is 11.3. The summed E-state index contributed by atoms with van der Waals surface area (Å²) in [6, 6.07) is -0.436. The highest BCUT2D eigenvalue weighted by molar-refractivity contribution is 6.05. The molecule has 5 nitrogen and oxygen atoms in total. The van der Waals surface area contributed by atoms with Gasteiger partial charge in [-0.1, -0.05) is 0 Å². The monoisotopic (exact) mass is 200 g/mol. The summed E-state index contributed by atoms with van der Waals surface area (Å²) in [5.41, 5.74) is -0.860. The van der Waals surface area contributed by atoms with Gasteiger partial charge < -0.3 is 5.11 Å². The molecule has 2 N–H and O–H groups in total. The predicted octanol–water partition coefficient (Wildman–Crippen LogP) is -0.896. The van der Waals surface area contributed by atoms with Crippen molar-refractivity contribution >= 4 is 11.8 Å². The van der Waals surface area contributed by atoms with Crippen LogP contribution in [0.25, 0.3) is 0 Å². The number of hydrogen-bond donors (Lipinski definition) is 2. The zero-order valence-electron chi connectivity index (χ0n) is 8.70. The van der Waals surface area contributed by atoms with E-state index in [0.717, 1.165) is 0 Å². The molecule has 0 aromatic carbocycles. The fourth-order valence-corrected chi connectivity index (χ4v) is 1.62. The molecule has 0 aromatic rings. The molecule has 0 bridgehead atoms. The van der Waals surface area contributed by atoms with Crippen molar-refractivity contribution in [1.29, 1.82) is 0 Å². The lowest BCUT2D eigenvalue weighted by atomic mass is 10.1. The number of nitrogens with one attached hydrogen (secondary N) is 1. The Balaban J connectivity index is 2.57. The molecular weight excluding hydrogens is 184 g/mol. The van der Waals surface area contributed by atoms with Gasteiger partial charge >= 0.3 is 0 Å². The lowest BCUT2D eigenvalue weighted by Crippen LogP contribution is -2.45. The molecule has 0 aliphatic carbocycles. The molecule has 1 saturated heterocycles. The van der Waals surface area contributed by atoms with Gasteiger partial charge in [-0.05, 0) is 20.9 Å². The number of likely N-dealkylation sites (N-methyl/N-ethyl adjacent to an activating group) is 1. The minimum Gasteiger partial charge on any atom is -0.389 e. The second-order valence-corrected chi connectivity index (χ2v) is 4.36. The van der Waals surface area contributed by atoms with Crippen molar-refractivity contribution < 1.29 is 14.7 Å². The first-order chi connectivity index (χ1) is 6.29. The minimum atomic E-state index is -0.860. The first kappa shape index (κ1) is 11.1.